The van der Waals surface area contributed by atoms with Gasteiger partial charge in [-0.2, -0.15) is 0 Å². The van der Waals surface area contributed by atoms with Gasteiger partial charge in [0.05, 0.1) is 0 Å². The largest absolute Gasteiger partial charge is 0.295 e. The van der Waals surface area contributed by atoms with Crippen LogP contribution in [0.4, 0.5) is 0 Å². The molecule has 1 aromatic carbocycles. The van der Waals surface area contributed by atoms with E-state index in [9.17, 15) is 4.79 Å². The molecule has 0 aliphatic heterocycles. The Hall–Kier alpha value is -1.37. The van der Waals surface area contributed by atoms with Crippen LogP contribution in [-0.2, 0) is 0 Å². The summed E-state index contributed by atoms with van der Waals surface area (Å²) in [4.78, 5) is 11.2. The average Bonchev–Trinajstić information content (AvgIpc) is 2.30. The number of hydrogen-bond donors (Lipinski definition) is 0. The average molecular weight is 214 g/mol. The Morgan fingerprint density at radius 2 is 1.69 bits per heavy atom. The molecule has 0 saturated carbocycles. The van der Waals surface area contributed by atoms with E-state index in [0.29, 0.717) is 0 Å². The van der Waals surface area contributed by atoms with Crippen molar-refractivity contribution in [2.75, 3.05) is 0 Å². The van der Waals surface area contributed by atoms with Crippen LogP contribution in [0, 0.1) is 0 Å². The van der Waals surface area contributed by atoms with E-state index in [1.165, 1.54) is 42.4 Å². The molecule has 0 N–H and O–H groups in total. The standard InChI is InChI=1S/C15H18O/c1-11-5-3-4-6-15(11)14-9-7-13(8-10-14)12(2)16/h7-10H,3-6H2,1-2H3. The van der Waals surface area contributed by atoms with Crippen molar-refractivity contribution in [1.29, 1.82) is 0 Å². The predicted molar refractivity (Wildman–Crippen MR) is 67.5 cm³/mol. The van der Waals surface area contributed by atoms with Gasteiger partial charge in [-0.1, -0.05) is 29.8 Å². The quantitative estimate of drug-likeness (QED) is 0.673. The van der Waals surface area contributed by atoms with Gasteiger partial charge in [0.15, 0.2) is 5.78 Å². The second-order valence-electron chi connectivity index (χ2n) is 4.60. The molecule has 0 fully saturated rings. The first-order chi connectivity index (χ1) is 7.68. The molecule has 0 radical (unpaired) electrons. The highest BCUT2D eigenvalue weighted by atomic mass is 16.1. The van der Waals surface area contributed by atoms with E-state index in [1.54, 1.807) is 6.92 Å². The van der Waals surface area contributed by atoms with Crippen molar-refractivity contribution in [1.82, 2.24) is 0 Å². The van der Waals surface area contributed by atoms with E-state index in [2.05, 4.69) is 19.1 Å². The summed E-state index contributed by atoms with van der Waals surface area (Å²) < 4.78 is 0. The molecule has 84 valence electrons. The van der Waals surface area contributed by atoms with Crippen LogP contribution in [0.1, 0.15) is 55.5 Å². The first kappa shape index (κ1) is 11.1. The lowest BCUT2D eigenvalue weighted by atomic mass is 9.88. The van der Waals surface area contributed by atoms with Crippen LogP contribution in [0.15, 0.2) is 29.8 Å². The molecule has 0 saturated heterocycles. The summed E-state index contributed by atoms with van der Waals surface area (Å²) in [6, 6.07) is 8.04. The maximum atomic E-state index is 11.2. The highest BCUT2D eigenvalue weighted by Crippen LogP contribution is 2.31. The van der Waals surface area contributed by atoms with Crippen molar-refractivity contribution >= 4 is 11.4 Å². The molecule has 0 amide bonds. The molecule has 1 aliphatic carbocycles. The highest BCUT2D eigenvalue weighted by molar-refractivity contribution is 5.94. The van der Waals surface area contributed by atoms with Crippen LogP contribution in [0.5, 0.6) is 0 Å². The lowest BCUT2D eigenvalue weighted by Gasteiger charge is -2.18. The molecule has 0 bridgehead atoms. The van der Waals surface area contributed by atoms with Gasteiger partial charge in [-0.05, 0) is 50.7 Å². The van der Waals surface area contributed by atoms with Crippen LogP contribution in [0.2, 0.25) is 0 Å². The third-order valence-electron chi connectivity index (χ3n) is 3.38. The molecule has 2 rings (SSSR count). The van der Waals surface area contributed by atoms with Gasteiger partial charge in [0.25, 0.3) is 0 Å². The lowest BCUT2D eigenvalue weighted by molar-refractivity contribution is 0.101. The number of benzene rings is 1. The molecule has 1 heteroatoms. The topological polar surface area (TPSA) is 17.1 Å². The molecule has 0 heterocycles. The van der Waals surface area contributed by atoms with Crippen molar-refractivity contribution in [3.63, 3.8) is 0 Å². The molecule has 1 aliphatic rings. The summed E-state index contributed by atoms with van der Waals surface area (Å²) in [7, 11) is 0. The summed E-state index contributed by atoms with van der Waals surface area (Å²) in [5, 5.41) is 0. The van der Waals surface area contributed by atoms with E-state index in [0.717, 1.165) is 5.56 Å². The molecule has 1 aromatic rings. The Bertz CT molecular complexity index is 423. The molecule has 1 nitrogen and oxygen atoms in total. The fraction of sp³-hybridized carbons (Fsp3) is 0.400. The molecule has 0 unspecified atom stereocenters. The van der Waals surface area contributed by atoms with E-state index in [-0.39, 0.29) is 5.78 Å². The van der Waals surface area contributed by atoms with E-state index in [4.69, 9.17) is 0 Å². The molecule has 0 aromatic heterocycles. The monoisotopic (exact) mass is 214 g/mol. The van der Waals surface area contributed by atoms with Gasteiger partial charge in [-0.3, -0.25) is 4.79 Å². The van der Waals surface area contributed by atoms with Gasteiger partial charge >= 0.3 is 0 Å². The molecular weight excluding hydrogens is 196 g/mol. The third-order valence-corrected chi connectivity index (χ3v) is 3.38. The minimum atomic E-state index is 0.140. The molecule has 16 heavy (non-hydrogen) atoms. The second-order valence-corrected chi connectivity index (χ2v) is 4.60. The SMILES string of the molecule is CC(=O)c1ccc(C2=C(C)CCCC2)cc1. The van der Waals surface area contributed by atoms with Crippen LogP contribution < -0.4 is 0 Å². The van der Waals surface area contributed by atoms with Crippen LogP contribution in [0.3, 0.4) is 0 Å². The van der Waals surface area contributed by atoms with Crippen molar-refractivity contribution in [2.24, 2.45) is 0 Å². The van der Waals surface area contributed by atoms with Gasteiger partial charge in [-0.25, -0.2) is 0 Å². The molecular formula is C15H18O. The predicted octanol–water partition coefficient (Wildman–Crippen LogP) is 4.24. The maximum absolute atomic E-state index is 11.2. The second kappa shape index (κ2) is 4.65. The normalized spacial score (nSPS) is 16.4. The van der Waals surface area contributed by atoms with Gasteiger partial charge in [0.2, 0.25) is 0 Å². The van der Waals surface area contributed by atoms with Gasteiger partial charge in [0, 0.05) is 5.56 Å². The van der Waals surface area contributed by atoms with E-state index in [1.807, 2.05) is 12.1 Å². The van der Waals surface area contributed by atoms with E-state index < -0.39 is 0 Å². The minimum Gasteiger partial charge on any atom is -0.295 e. The number of rotatable bonds is 2. The van der Waals surface area contributed by atoms with Crippen LogP contribution >= 0.6 is 0 Å². The fourth-order valence-corrected chi connectivity index (χ4v) is 2.35. The van der Waals surface area contributed by atoms with Gasteiger partial charge in [-0.15, -0.1) is 0 Å². The first-order valence-electron chi connectivity index (χ1n) is 5.98. The van der Waals surface area contributed by atoms with E-state index >= 15 is 0 Å². The summed E-state index contributed by atoms with van der Waals surface area (Å²) in [5.74, 6) is 0.140. The Morgan fingerprint density at radius 3 is 2.25 bits per heavy atom. The van der Waals surface area contributed by atoms with Crippen LogP contribution in [0.25, 0.3) is 5.57 Å². The Balaban J connectivity index is 2.31. The number of Topliss-reactive ketones (excluding diaryl/α,β-unsaturated/α-hetero) is 1. The van der Waals surface area contributed by atoms with Crippen molar-refractivity contribution in [3.8, 4) is 0 Å². The Labute approximate surface area is 97.2 Å². The smallest absolute Gasteiger partial charge is 0.159 e. The number of carbonyl (C=O) groups is 1. The summed E-state index contributed by atoms with van der Waals surface area (Å²) in [6.45, 7) is 3.84. The zero-order chi connectivity index (χ0) is 11.5. The van der Waals surface area contributed by atoms with Crippen molar-refractivity contribution in [2.45, 2.75) is 39.5 Å². The lowest BCUT2D eigenvalue weighted by Crippen LogP contribution is -1.98. The van der Waals surface area contributed by atoms with Gasteiger partial charge in [0.1, 0.15) is 0 Å². The minimum absolute atomic E-state index is 0.140. The van der Waals surface area contributed by atoms with Crippen LogP contribution in [-0.4, -0.2) is 5.78 Å². The number of carbonyl (C=O) groups excluding carboxylic acids is 1. The number of ketones is 1. The van der Waals surface area contributed by atoms with Crippen molar-refractivity contribution < 1.29 is 4.79 Å². The summed E-state index contributed by atoms with van der Waals surface area (Å²) in [5.41, 5.74) is 5.10. The molecule has 0 atom stereocenters. The summed E-state index contributed by atoms with van der Waals surface area (Å²) >= 11 is 0. The fourth-order valence-electron chi connectivity index (χ4n) is 2.35. The third kappa shape index (κ3) is 2.24. The summed E-state index contributed by atoms with van der Waals surface area (Å²) in [6.07, 6.45) is 5.02. The maximum Gasteiger partial charge on any atom is 0.159 e. The molecule has 0 spiro atoms. The Kier molecular flexibility index (Phi) is 3.23. The highest BCUT2D eigenvalue weighted by Gasteiger charge is 2.11. The zero-order valence-corrected chi connectivity index (χ0v) is 10.0. The zero-order valence-electron chi connectivity index (χ0n) is 10.0. The first-order valence-corrected chi connectivity index (χ1v) is 5.98. The van der Waals surface area contributed by atoms with Crippen molar-refractivity contribution in [3.05, 3.63) is 41.0 Å². The number of hydrogen-bond acceptors (Lipinski definition) is 1. The number of allylic oxidation sites excluding steroid dienone is 2. The van der Waals surface area contributed by atoms with Gasteiger partial charge < -0.3 is 0 Å². The Morgan fingerprint density at radius 1 is 1.06 bits per heavy atom.